The van der Waals surface area contributed by atoms with Crippen LogP contribution in [0.1, 0.15) is 24.4 Å². The van der Waals surface area contributed by atoms with Crippen molar-refractivity contribution in [3.63, 3.8) is 0 Å². The van der Waals surface area contributed by atoms with Gasteiger partial charge in [-0.1, -0.05) is 6.07 Å². The summed E-state index contributed by atoms with van der Waals surface area (Å²) in [6, 6.07) is 3.43. The third-order valence-corrected chi connectivity index (χ3v) is 3.27. The van der Waals surface area contributed by atoms with Gasteiger partial charge in [0.2, 0.25) is 5.91 Å². The number of pyridine rings is 1. The van der Waals surface area contributed by atoms with Gasteiger partial charge in [0.25, 0.3) is 0 Å². The lowest BCUT2D eigenvalue weighted by Gasteiger charge is -2.27. The molecule has 5 nitrogen and oxygen atoms in total. The Hall–Kier alpha value is -1.17. The summed E-state index contributed by atoms with van der Waals surface area (Å²) in [6.07, 6.45) is 5.53. The Morgan fingerprint density at radius 1 is 1.68 bits per heavy atom. The van der Waals surface area contributed by atoms with Crippen LogP contribution in [0.3, 0.4) is 0 Å². The van der Waals surface area contributed by atoms with Crippen molar-refractivity contribution in [3.8, 4) is 0 Å². The first kappa shape index (κ1) is 15.9. The number of carbonyl (C=O) groups excluding carboxylic acids is 1. The maximum absolute atomic E-state index is 12.2. The topological polar surface area (TPSA) is 68.5 Å². The van der Waals surface area contributed by atoms with Gasteiger partial charge in [-0.15, -0.1) is 12.4 Å². The van der Waals surface area contributed by atoms with E-state index in [1.807, 2.05) is 23.2 Å². The van der Waals surface area contributed by atoms with Crippen LogP contribution in [0, 0.1) is 0 Å². The first-order valence-corrected chi connectivity index (χ1v) is 6.19. The Labute approximate surface area is 119 Å². The molecule has 1 amide bonds. The molecule has 0 aromatic carbocycles. The lowest BCUT2D eigenvalue weighted by atomic mass is 10.1. The minimum absolute atomic E-state index is 0. The van der Waals surface area contributed by atoms with Crippen LogP contribution in [0.4, 0.5) is 0 Å². The van der Waals surface area contributed by atoms with Crippen LogP contribution in [-0.4, -0.2) is 42.1 Å². The largest absolute Gasteiger partial charge is 0.383 e. The van der Waals surface area contributed by atoms with E-state index in [2.05, 4.69) is 4.98 Å². The number of ether oxygens (including phenoxy) is 1. The second-order valence-corrected chi connectivity index (χ2v) is 4.54. The van der Waals surface area contributed by atoms with Crippen LogP contribution in [-0.2, 0) is 9.53 Å². The van der Waals surface area contributed by atoms with E-state index in [1.54, 1.807) is 13.3 Å². The van der Waals surface area contributed by atoms with Crippen LogP contribution < -0.4 is 5.73 Å². The molecule has 0 spiro atoms. The second kappa shape index (κ2) is 7.43. The summed E-state index contributed by atoms with van der Waals surface area (Å²) in [5, 5.41) is 0. The monoisotopic (exact) mass is 285 g/mol. The van der Waals surface area contributed by atoms with Crippen molar-refractivity contribution < 1.29 is 9.53 Å². The molecule has 2 atom stereocenters. The van der Waals surface area contributed by atoms with E-state index in [0.717, 1.165) is 24.9 Å². The molecule has 19 heavy (non-hydrogen) atoms. The first-order valence-electron chi connectivity index (χ1n) is 6.19. The zero-order chi connectivity index (χ0) is 13.0. The van der Waals surface area contributed by atoms with Crippen LogP contribution in [0.5, 0.6) is 0 Å². The summed E-state index contributed by atoms with van der Waals surface area (Å²) in [5.74, 6) is -0.0387. The summed E-state index contributed by atoms with van der Waals surface area (Å²) in [4.78, 5) is 18.2. The average Bonchev–Trinajstić information content (AvgIpc) is 2.88. The van der Waals surface area contributed by atoms with Gasteiger partial charge in [-0.2, -0.15) is 0 Å². The Morgan fingerprint density at radius 2 is 2.47 bits per heavy atom. The second-order valence-electron chi connectivity index (χ2n) is 4.54. The summed E-state index contributed by atoms with van der Waals surface area (Å²) >= 11 is 0. The molecule has 1 aromatic heterocycles. The average molecular weight is 286 g/mol. The molecule has 1 aliphatic rings. The number of nitrogens with two attached hydrogens (primary N) is 1. The third kappa shape index (κ3) is 3.65. The number of aromatic nitrogens is 1. The van der Waals surface area contributed by atoms with E-state index in [9.17, 15) is 4.79 Å². The Bertz CT molecular complexity index is 402. The number of carbonyl (C=O) groups is 1. The van der Waals surface area contributed by atoms with Gasteiger partial charge in [-0.3, -0.25) is 9.78 Å². The van der Waals surface area contributed by atoms with Gasteiger partial charge in [-0.25, -0.2) is 0 Å². The number of likely N-dealkylation sites (tertiary alicyclic amines) is 1. The quantitative estimate of drug-likeness (QED) is 0.901. The lowest BCUT2D eigenvalue weighted by molar-refractivity contribution is -0.134. The Morgan fingerprint density at radius 3 is 3.11 bits per heavy atom. The standard InChI is InChI=1S/C13H19N3O2.ClH/c1-18-9-11(14)13(17)16-7-3-5-12(16)10-4-2-6-15-8-10;/h2,4,6,8,11-12H,3,5,7,9,14H2,1H3;1H. The predicted octanol–water partition coefficient (Wildman–Crippen LogP) is 1.14. The highest BCUT2D eigenvalue weighted by Crippen LogP contribution is 2.31. The summed E-state index contributed by atoms with van der Waals surface area (Å²) in [6.45, 7) is 1.02. The van der Waals surface area contributed by atoms with E-state index in [4.69, 9.17) is 10.5 Å². The van der Waals surface area contributed by atoms with Crippen LogP contribution >= 0.6 is 12.4 Å². The zero-order valence-corrected chi connectivity index (χ0v) is 11.8. The molecule has 1 aromatic rings. The van der Waals surface area contributed by atoms with Crippen molar-refractivity contribution in [3.05, 3.63) is 30.1 Å². The zero-order valence-electron chi connectivity index (χ0n) is 11.0. The molecular formula is C13H20ClN3O2. The highest BCUT2D eigenvalue weighted by atomic mass is 35.5. The lowest BCUT2D eigenvalue weighted by Crippen LogP contribution is -2.45. The molecular weight excluding hydrogens is 266 g/mol. The SMILES string of the molecule is COCC(N)C(=O)N1CCCC1c1cccnc1.Cl. The van der Waals surface area contributed by atoms with E-state index in [0.29, 0.717) is 0 Å². The van der Waals surface area contributed by atoms with Crippen molar-refractivity contribution >= 4 is 18.3 Å². The minimum Gasteiger partial charge on any atom is -0.383 e. The van der Waals surface area contributed by atoms with Gasteiger partial charge in [0.05, 0.1) is 12.6 Å². The number of methoxy groups -OCH3 is 1. The summed E-state index contributed by atoms with van der Waals surface area (Å²) < 4.78 is 4.94. The van der Waals surface area contributed by atoms with Crippen molar-refractivity contribution in [2.75, 3.05) is 20.3 Å². The molecule has 0 radical (unpaired) electrons. The maximum Gasteiger partial charge on any atom is 0.242 e. The molecule has 2 unspecified atom stereocenters. The third-order valence-electron chi connectivity index (χ3n) is 3.27. The Kier molecular flexibility index (Phi) is 6.21. The number of hydrogen-bond acceptors (Lipinski definition) is 4. The van der Waals surface area contributed by atoms with Crippen molar-refractivity contribution in [1.82, 2.24) is 9.88 Å². The van der Waals surface area contributed by atoms with E-state index >= 15 is 0 Å². The maximum atomic E-state index is 12.2. The van der Waals surface area contributed by atoms with Crippen LogP contribution in [0.15, 0.2) is 24.5 Å². The van der Waals surface area contributed by atoms with Gasteiger partial charge < -0.3 is 15.4 Å². The highest BCUT2D eigenvalue weighted by Gasteiger charge is 2.32. The summed E-state index contributed by atoms with van der Waals surface area (Å²) in [7, 11) is 1.55. The van der Waals surface area contributed by atoms with Crippen molar-refractivity contribution in [2.45, 2.75) is 24.9 Å². The molecule has 0 bridgehead atoms. The van der Waals surface area contributed by atoms with E-state index in [-0.39, 0.29) is 31.0 Å². The minimum atomic E-state index is -0.577. The normalized spacial score (nSPS) is 19.9. The molecule has 1 fully saturated rings. The number of rotatable bonds is 4. The number of nitrogens with zero attached hydrogens (tertiary/aromatic N) is 2. The number of halogens is 1. The predicted molar refractivity (Wildman–Crippen MR) is 75.0 cm³/mol. The molecule has 106 valence electrons. The fraction of sp³-hybridized carbons (Fsp3) is 0.538. The van der Waals surface area contributed by atoms with Gasteiger partial charge in [0, 0.05) is 26.0 Å². The molecule has 2 rings (SSSR count). The molecule has 0 aliphatic carbocycles. The molecule has 2 heterocycles. The smallest absolute Gasteiger partial charge is 0.242 e. The van der Waals surface area contributed by atoms with Crippen LogP contribution in [0.2, 0.25) is 0 Å². The van der Waals surface area contributed by atoms with E-state index < -0.39 is 6.04 Å². The van der Waals surface area contributed by atoms with Gasteiger partial charge in [0.15, 0.2) is 0 Å². The van der Waals surface area contributed by atoms with Crippen molar-refractivity contribution in [1.29, 1.82) is 0 Å². The molecule has 1 saturated heterocycles. The molecule has 2 N–H and O–H groups in total. The first-order chi connectivity index (χ1) is 8.74. The van der Waals surface area contributed by atoms with Gasteiger partial charge in [-0.05, 0) is 24.5 Å². The highest BCUT2D eigenvalue weighted by molar-refractivity contribution is 5.85. The Balaban J connectivity index is 0.00000180. The number of hydrogen-bond donors (Lipinski definition) is 1. The van der Waals surface area contributed by atoms with Gasteiger partial charge >= 0.3 is 0 Å². The fourth-order valence-electron chi connectivity index (χ4n) is 2.41. The fourth-order valence-corrected chi connectivity index (χ4v) is 2.41. The molecule has 6 heteroatoms. The van der Waals surface area contributed by atoms with Gasteiger partial charge in [0.1, 0.15) is 6.04 Å². The molecule has 1 aliphatic heterocycles. The van der Waals surface area contributed by atoms with Crippen LogP contribution in [0.25, 0.3) is 0 Å². The van der Waals surface area contributed by atoms with E-state index in [1.165, 1.54) is 0 Å². The van der Waals surface area contributed by atoms with Crippen molar-refractivity contribution in [2.24, 2.45) is 5.73 Å². The summed E-state index contributed by atoms with van der Waals surface area (Å²) in [5.41, 5.74) is 6.89. The molecule has 0 saturated carbocycles. The number of amides is 1.